The van der Waals surface area contributed by atoms with Crippen molar-refractivity contribution < 1.29 is 14.0 Å². The number of imide groups is 1. The fourth-order valence-electron chi connectivity index (χ4n) is 4.20. The molecular formula is C22H21FN6O2. The van der Waals surface area contributed by atoms with Crippen LogP contribution < -0.4 is 5.32 Å². The zero-order valence-electron chi connectivity index (χ0n) is 16.9. The van der Waals surface area contributed by atoms with Gasteiger partial charge in [0.05, 0.1) is 17.5 Å². The number of carbonyl (C=O) groups is 2. The zero-order valence-corrected chi connectivity index (χ0v) is 16.9. The van der Waals surface area contributed by atoms with Gasteiger partial charge in [0, 0.05) is 13.1 Å². The molecule has 158 valence electrons. The highest BCUT2D eigenvalue weighted by Gasteiger charge is 2.49. The summed E-state index contributed by atoms with van der Waals surface area (Å²) >= 11 is 0. The number of aromatic amines is 1. The molecule has 2 aliphatic rings. The number of amides is 3. The van der Waals surface area contributed by atoms with E-state index >= 15 is 0 Å². The van der Waals surface area contributed by atoms with Crippen LogP contribution in [-0.4, -0.2) is 56.3 Å². The van der Waals surface area contributed by atoms with Gasteiger partial charge in [-0.1, -0.05) is 24.3 Å². The summed E-state index contributed by atoms with van der Waals surface area (Å²) in [4.78, 5) is 41.2. The highest BCUT2D eigenvalue weighted by molar-refractivity contribution is 6.04. The number of nitrogens with zero attached hydrogens (tertiary/aromatic N) is 4. The molecule has 5 rings (SSSR count). The minimum Gasteiger partial charge on any atom is -0.342 e. The van der Waals surface area contributed by atoms with Crippen LogP contribution in [-0.2, 0) is 17.8 Å². The van der Waals surface area contributed by atoms with Crippen molar-refractivity contribution in [1.82, 2.24) is 25.1 Å². The number of para-hydroxylation sites is 2. The molecule has 0 radical (unpaired) electrons. The fraction of sp³-hybridized carbons (Fsp3) is 0.273. The lowest BCUT2D eigenvalue weighted by molar-refractivity contribution is -0.127. The van der Waals surface area contributed by atoms with Crippen molar-refractivity contribution in [3.8, 4) is 0 Å². The third kappa shape index (κ3) is 3.41. The Morgan fingerprint density at radius 2 is 1.84 bits per heavy atom. The molecule has 0 bridgehead atoms. The molecule has 3 amide bonds. The quantitative estimate of drug-likeness (QED) is 0.663. The summed E-state index contributed by atoms with van der Waals surface area (Å²) in [5, 5.41) is 2.43. The number of benzene rings is 2. The molecule has 2 unspecified atom stereocenters. The molecule has 2 aliphatic heterocycles. The summed E-state index contributed by atoms with van der Waals surface area (Å²) in [6.45, 7) is 2.63. The third-order valence-corrected chi connectivity index (χ3v) is 5.68. The van der Waals surface area contributed by atoms with E-state index in [1.165, 1.54) is 12.1 Å². The van der Waals surface area contributed by atoms with Crippen LogP contribution in [0.3, 0.4) is 0 Å². The van der Waals surface area contributed by atoms with E-state index in [1.807, 2.05) is 36.1 Å². The normalized spacial score (nSPS) is 20.8. The first-order valence-corrected chi connectivity index (χ1v) is 10.2. The Hall–Kier alpha value is -3.75. The Kier molecular flexibility index (Phi) is 4.65. The second kappa shape index (κ2) is 7.50. The van der Waals surface area contributed by atoms with E-state index in [9.17, 15) is 14.0 Å². The minimum absolute atomic E-state index is 0.322. The second-order valence-electron chi connectivity index (χ2n) is 7.62. The first-order chi connectivity index (χ1) is 15.0. The van der Waals surface area contributed by atoms with Gasteiger partial charge in [0.2, 0.25) is 0 Å². The van der Waals surface area contributed by atoms with E-state index in [4.69, 9.17) is 4.99 Å². The number of likely N-dealkylation sites (N-methyl/N-ethyl adjacent to an activating group) is 1. The lowest BCUT2D eigenvalue weighted by Gasteiger charge is -2.37. The monoisotopic (exact) mass is 420 g/mol. The van der Waals surface area contributed by atoms with Crippen LogP contribution in [0.2, 0.25) is 0 Å². The van der Waals surface area contributed by atoms with E-state index in [0.717, 1.165) is 22.4 Å². The SMILES string of the molecule is CCN1C(=O)NC(=O)C2C1N=C(Cc1nc3ccccc3[nH]1)N2Cc1ccc(F)cc1. The van der Waals surface area contributed by atoms with Crippen LogP contribution >= 0.6 is 0 Å². The van der Waals surface area contributed by atoms with Crippen LogP contribution in [0, 0.1) is 5.82 Å². The molecule has 9 heteroatoms. The number of hydrogen-bond acceptors (Lipinski definition) is 5. The Morgan fingerprint density at radius 1 is 1.06 bits per heavy atom. The number of carbonyl (C=O) groups excluding carboxylic acids is 2. The Bertz CT molecular complexity index is 1160. The van der Waals surface area contributed by atoms with Crippen molar-refractivity contribution in [2.45, 2.75) is 32.1 Å². The van der Waals surface area contributed by atoms with E-state index < -0.39 is 18.2 Å². The Morgan fingerprint density at radius 3 is 2.58 bits per heavy atom. The molecule has 3 aromatic rings. The number of urea groups is 1. The average molecular weight is 420 g/mol. The van der Waals surface area contributed by atoms with Gasteiger partial charge in [-0.15, -0.1) is 0 Å². The maximum absolute atomic E-state index is 13.4. The Labute approximate surface area is 177 Å². The number of rotatable bonds is 5. The van der Waals surface area contributed by atoms with Crippen molar-refractivity contribution in [1.29, 1.82) is 0 Å². The van der Waals surface area contributed by atoms with Crippen LogP contribution in [0.25, 0.3) is 11.0 Å². The number of halogens is 1. The van der Waals surface area contributed by atoms with Gasteiger partial charge in [-0.05, 0) is 36.8 Å². The van der Waals surface area contributed by atoms with Crippen LogP contribution in [0.1, 0.15) is 18.3 Å². The van der Waals surface area contributed by atoms with E-state index in [2.05, 4.69) is 15.3 Å². The number of imidazole rings is 1. The van der Waals surface area contributed by atoms with Crippen LogP contribution in [0.15, 0.2) is 53.5 Å². The molecule has 0 saturated carbocycles. The smallest absolute Gasteiger partial charge is 0.325 e. The second-order valence-corrected chi connectivity index (χ2v) is 7.62. The number of H-pyrrole nitrogens is 1. The largest absolute Gasteiger partial charge is 0.342 e. The molecule has 8 nitrogen and oxygen atoms in total. The molecule has 1 fully saturated rings. The lowest BCUT2D eigenvalue weighted by atomic mass is 10.1. The summed E-state index contributed by atoms with van der Waals surface area (Å²) < 4.78 is 13.4. The fourth-order valence-corrected chi connectivity index (χ4v) is 4.20. The molecule has 0 spiro atoms. The molecule has 1 saturated heterocycles. The van der Waals surface area contributed by atoms with Crippen molar-refractivity contribution in [2.75, 3.05) is 6.54 Å². The predicted molar refractivity (Wildman–Crippen MR) is 113 cm³/mol. The molecule has 31 heavy (non-hydrogen) atoms. The first-order valence-electron chi connectivity index (χ1n) is 10.2. The topological polar surface area (TPSA) is 93.7 Å². The maximum Gasteiger partial charge on any atom is 0.325 e. The first kappa shape index (κ1) is 19.2. The zero-order chi connectivity index (χ0) is 21.5. The molecule has 2 N–H and O–H groups in total. The van der Waals surface area contributed by atoms with E-state index in [0.29, 0.717) is 25.3 Å². The van der Waals surface area contributed by atoms with Gasteiger partial charge in [0.25, 0.3) is 5.91 Å². The number of aliphatic imine (C=N–C) groups is 1. The molecule has 2 aromatic carbocycles. The third-order valence-electron chi connectivity index (χ3n) is 5.68. The van der Waals surface area contributed by atoms with Gasteiger partial charge in [0.15, 0.2) is 12.2 Å². The number of fused-ring (bicyclic) bond motifs is 2. The van der Waals surface area contributed by atoms with Crippen molar-refractivity contribution >= 4 is 28.8 Å². The summed E-state index contributed by atoms with van der Waals surface area (Å²) in [6, 6.07) is 12.8. The standard InChI is InChI=1S/C22H21FN6O2/c1-2-28-20-19(21(30)27-22(28)31)29(12-13-7-9-14(23)10-8-13)18(26-20)11-17-24-15-5-3-4-6-16(15)25-17/h3-10,19-20H,2,11-12H2,1H3,(H,24,25)(H,27,30,31). The number of aromatic nitrogens is 2. The van der Waals surface area contributed by atoms with Gasteiger partial charge in [-0.2, -0.15) is 0 Å². The lowest BCUT2D eigenvalue weighted by Crippen LogP contribution is -2.64. The number of hydrogen-bond donors (Lipinski definition) is 2. The maximum atomic E-state index is 13.4. The van der Waals surface area contributed by atoms with Crippen molar-refractivity contribution in [2.24, 2.45) is 4.99 Å². The molecule has 2 atom stereocenters. The van der Waals surface area contributed by atoms with Gasteiger partial charge in [-0.3, -0.25) is 15.0 Å². The van der Waals surface area contributed by atoms with Gasteiger partial charge in [0.1, 0.15) is 17.5 Å². The summed E-state index contributed by atoms with van der Waals surface area (Å²) in [6.07, 6.45) is -0.229. The van der Waals surface area contributed by atoms with Crippen molar-refractivity contribution in [3.05, 3.63) is 65.7 Å². The van der Waals surface area contributed by atoms with E-state index in [1.54, 1.807) is 17.0 Å². The van der Waals surface area contributed by atoms with Crippen LogP contribution in [0.4, 0.5) is 9.18 Å². The highest BCUT2D eigenvalue weighted by atomic mass is 19.1. The predicted octanol–water partition coefficient (Wildman–Crippen LogP) is 2.43. The molecule has 0 aliphatic carbocycles. The number of nitrogens with one attached hydrogen (secondary N) is 2. The number of amidine groups is 1. The van der Waals surface area contributed by atoms with Gasteiger partial charge in [-0.25, -0.2) is 19.2 Å². The summed E-state index contributed by atoms with van der Waals surface area (Å²) in [5.41, 5.74) is 2.61. The molecule has 1 aromatic heterocycles. The average Bonchev–Trinajstić information content (AvgIpc) is 3.31. The van der Waals surface area contributed by atoms with Gasteiger partial charge >= 0.3 is 6.03 Å². The molecule has 3 heterocycles. The van der Waals surface area contributed by atoms with Crippen molar-refractivity contribution in [3.63, 3.8) is 0 Å². The molecular weight excluding hydrogens is 399 g/mol. The summed E-state index contributed by atoms with van der Waals surface area (Å²) in [5.74, 6) is 0.668. The summed E-state index contributed by atoms with van der Waals surface area (Å²) in [7, 11) is 0. The van der Waals surface area contributed by atoms with Crippen LogP contribution in [0.5, 0.6) is 0 Å². The highest BCUT2D eigenvalue weighted by Crippen LogP contribution is 2.28. The Balaban J connectivity index is 1.51. The van der Waals surface area contributed by atoms with Gasteiger partial charge < -0.3 is 9.88 Å². The minimum atomic E-state index is -0.651. The van der Waals surface area contributed by atoms with E-state index in [-0.39, 0.29) is 11.7 Å².